The number of fused-ring (bicyclic) bond motifs is 1. The summed E-state index contributed by atoms with van der Waals surface area (Å²) in [5, 5.41) is 5.56. The Hall–Kier alpha value is -3.72. The maximum atomic E-state index is 13.2. The highest BCUT2D eigenvalue weighted by molar-refractivity contribution is 8.16. The molecule has 2 heterocycles. The van der Waals surface area contributed by atoms with Crippen LogP contribution in [0.3, 0.4) is 0 Å². The van der Waals surface area contributed by atoms with E-state index in [4.69, 9.17) is 14.2 Å². The molecule has 0 aliphatic carbocycles. The molecule has 36 heavy (non-hydrogen) atoms. The fourth-order valence-corrected chi connectivity index (χ4v) is 5.25. The zero-order valence-corrected chi connectivity index (χ0v) is 21.6. The fourth-order valence-electron chi connectivity index (χ4n) is 4.28. The highest BCUT2D eigenvalue weighted by Gasteiger charge is 2.42. The number of aliphatic imine (C=N–C) groups is 1. The topological polar surface area (TPSA) is 89.5 Å². The quantitative estimate of drug-likeness (QED) is 0.498. The molecule has 0 saturated heterocycles. The molecular weight excluding hydrogens is 478 g/mol. The molecule has 0 radical (unpaired) electrons. The van der Waals surface area contributed by atoms with Gasteiger partial charge in [-0.2, -0.15) is 0 Å². The number of ether oxygens (including phenoxy) is 3. The van der Waals surface area contributed by atoms with Gasteiger partial charge >= 0.3 is 5.97 Å². The third-order valence-electron chi connectivity index (χ3n) is 5.90. The minimum atomic E-state index is -0.607. The first kappa shape index (κ1) is 25.4. The summed E-state index contributed by atoms with van der Waals surface area (Å²) in [6.07, 6.45) is 0.122. The smallest absolute Gasteiger partial charge is 0.338 e. The number of thioether (sulfide) groups is 1. The van der Waals surface area contributed by atoms with E-state index < -0.39 is 12.0 Å². The second-order valence-electron chi connectivity index (χ2n) is 8.14. The summed E-state index contributed by atoms with van der Waals surface area (Å²) in [6.45, 7) is 4.22. The van der Waals surface area contributed by atoms with Crippen LogP contribution in [0.15, 0.2) is 75.9 Å². The van der Waals surface area contributed by atoms with Crippen LogP contribution in [0.5, 0.6) is 11.5 Å². The second-order valence-corrected chi connectivity index (χ2v) is 8.97. The minimum absolute atomic E-state index is 0.122. The first-order valence-corrected chi connectivity index (χ1v) is 12.5. The Kier molecular flexibility index (Phi) is 8.00. The van der Waals surface area contributed by atoms with E-state index in [-0.39, 0.29) is 18.9 Å². The maximum absolute atomic E-state index is 13.2. The Labute approximate surface area is 215 Å². The molecule has 188 valence electrons. The van der Waals surface area contributed by atoms with E-state index in [2.05, 4.69) is 10.3 Å². The van der Waals surface area contributed by atoms with Gasteiger partial charge in [-0.1, -0.05) is 54.2 Å². The van der Waals surface area contributed by atoms with Gasteiger partial charge in [0.15, 0.2) is 16.7 Å². The predicted molar refractivity (Wildman–Crippen MR) is 139 cm³/mol. The lowest BCUT2D eigenvalue weighted by molar-refractivity contribution is -0.139. The highest BCUT2D eigenvalue weighted by Crippen LogP contribution is 2.48. The van der Waals surface area contributed by atoms with E-state index in [0.29, 0.717) is 40.0 Å². The van der Waals surface area contributed by atoms with Crippen LogP contribution in [0.25, 0.3) is 0 Å². The molecule has 2 aliphatic heterocycles. The Morgan fingerprint density at radius 1 is 1.08 bits per heavy atom. The van der Waals surface area contributed by atoms with E-state index in [9.17, 15) is 9.59 Å². The average molecular weight is 508 g/mol. The van der Waals surface area contributed by atoms with Gasteiger partial charge in [0, 0.05) is 17.8 Å². The number of hydrogen-bond acceptors (Lipinski definition) is 8. The predicted octanol–water partition coefficient (Wildman–Crippen LogP) is 4.55. The zero-order chi connectivity index (χ0) is 25.7. The molecule has 1 amide bonds. The van der Waals surface area contributed by atoms with Gasteiger partial charge < -0.3 is 24.4 Å². The van der Waals surface area contributed by atoms with Crippen LogP contribution in [0, 0.1) is 0 Å². The van der Waals surface area contributed by atoms with Crippen LogP contribution in [-0.2, 0) is 20.9 Å². The Balaban J connectivity index is 1.69. The van der Waals surface area contributed by atoms with Gasteiger partial charge in [-0.15, -0.1) is 0 Å². The molecule has 0 aromatic heterocycles. The van der Waals surface area contributed by atoms with E-state index in [1.165, 1.54) is 11.8 Å². The van der Waals surface area contributed by atoms with Crippen molar-refractivity contribution >= 4 is 28.8 Å². The highest BCUT2D eigenvalue weighted by atomic mass is 32.2. The summed E-state index contributed by atoms with van der Waals surface area (Å²) in [4.78, 5) is 32.7. The summed E-state index contributed by atoms with van der Waals surface area (Å²) in [5.41, 5.74) is 3.41. The standard InChI is InChI=1S/C27H29N3O5S/c1-5-35-26(32)23-17(2)29-27-30(24(23)20-12-9-13-21(33-3)25(20)34-4)19(16-36-27)14-22(31)28-15-18-10-7-6-8-11-18/h6-13,16,24H,5,14-15H2,1-4H3,(H,28,31)/t24-/m1/s1. The SMILES string of the molecule is CCOC(=O)C1=C(C)N=C2SC=C(CC(=O)NCc3ccccc3)N2[C@@H]1c1cccc(OC)c1OC. The van der Waals surface area contributed by atoms with Crippen molar-refractivity contribution in [2.45, 2.75) is 32.9 Å². The first-order chi connectivity index (χ1) is 17.5. The molecule has 2 aromatic rings. The number of methoxy groups -OCH3 is 2. The lowest BCUT2D eigenvalue weighted by Gasteiger charge is -2.37. The third kappa shape index (κ3) is 5.11. The molecule has 0 unspecified atom stereocenters. The molecule has 9 heteroatoms. The van der Waals surface area contributed by atoms with Gasteiger partial charge in [0.2, 0.25) is 5.91 Å². The van der Waals surface area contributed by atoms with E-state index in [0.717, 1.165) is 11.3 Å². The minimum Gasteiger partial charge on any atom is -0.493 e. The van der Waals surface area contributed by atoms with Crippen molar-refractivity contribution < 1.29 is 23.8 Å². The zero-order valence-electron chi connectivity index (χ0n) is 20.7. The summed E-state index contributed by atoms with van der Waals surface area (Å²) in [7, 11) is 3.13. The van der Waals surface area contributed by atoms with Crippen LogP contribution in [0.4, 0.5) is 0 Å². The number of rotatable bonds is 9. The molecule has 2 aromatic carbocycles. The third-order valence-corrected chi connectivity index (χ3v) is 6.79. The molecule has 8 nitrogen and oxygen atoms in total. The summed E-state index contributed by atoms with van der Waals surface area (Å²) >= 11 is 1.42. The van der Waals surface area contributed by atoms with Gasteiger partial charge in [0.05, 0.1) is 44.6 Å². The molecule has 1 atom stereocenters. The van der Waals surface area contributed by atoms with Crippen molar-refractivity contribution in [1.82, 2.24) is 10.2 Å². The number of esters is 1. The van der Waals surface area contributed by atoms with E-state index in [1.807, 2.05) is 52.8 Å². The number of hydrogen-bond donors (Lipinski definition) is 1. The maximum Gasteiger partial charge on any atom is 0.338 e. The molecule has 4 rings (SSSR count). The molecule has 0 bridgehead atoms. The number of benzene rings is 2. The van der Waals surface area contributed by atoms with Crippen LogP contribution in [0.2, 0.25) is 0 Å². The molecule has 0 spiro atoms. The van der Waals surface area contributed by atoms with Crippen molar-refractivity contribution in [3.05, 3.63) is 82.0 Å². The van der Waals surface area contributed by atoms with Gasteiger partial charge in [0.25, 0.3) is 0 Å². The summed E-state index contributed by atoms with van der Waals surface area (Å²) in [5.74, 6) is 0.452. The van der Waals surface area contributed by atoms with Gasteiger partial charge in [-0.05, 0) is 30.9 Å². The molecule has 2 aliphatic rings. The van der Waals surface area contributed by atoms with Gasteiger partial charge in [0.1, 0.15) is 0 Å². The lowest BCUT2D eigenvalue weighted by atomic mass is 9.92. The van der Waals surface area contributed by atoms with E-state index in [1.54, 1.807) is 34.1 Å². The van der Waals surface area contributed by atoms with Crippen molar-refractivity contribution in [3.63, 3.8) is 0 Å². The normalized spacial score (nSPS) is 16.7. The number of carbonyl (C=O) groups is 2. The lowest BCUT2D eigenvalue weighted by Crippen LogP contribution is -2.38. The number of allylic oxidation sites excluding steroid dienone is 1. The Morgan fingerprint density at radius 2 is 1.86 bits per heavy atom. The number of amidine groups is 1. The summed E-state index contributed by atoms with van der Waals surface area (Å²) in [6, 6.07) is 14.7. The first-order valence-electron chi connectivity index (χ1n) is 11.6. The second kappa shape index (κ2) is 11.3. The Morgan fingerprint density at radius 3 is 2.56 bits per heavy atom. The van der Waals surface area contributed by atoms with Gasteiger partial charge in [-0.3, -0.25) is 4.79 Å². The number of amides is 1. The molecule has 1 N–H and O–H groups in total. The number of nitrogens with one attached hydrogen (secondary N) is 1. The fraction of sp³-hybridized carbons (Fsp3) is 0.296. The summed E-state index contributed by atoms with van der Waals surface area (Å²) < 4.78 is 16.7. The number of nitrogens with zero attached hydrogens (tertiary/aromatic N) is 2. The van der Waals surface area contributed by atoms with Crippen LogP contribution in [-0.4, -0.2) is 42.8 Å². The monoisotopic (exact) mass is 507 g/mol. The molecule has 0 saturated carbocycles. The van der Waals surface area contributed by atoms with Crippen LogP contribution < -0.4 is 14.8 Å². The molecule has 0 fully saturated rings. The average Bonchev–Trinajstić information content (AvgIpc) is 3.28. The number of carbonyl (C=O) groups excluding carboxylic acids is 2. The largest absolute Gasteiger partial charge is 0.493 e. The molecular formula is C27H29N3O5S. The van der Waals surface area contributed by atoms with Gasteiger partial charge in [-0.25, -0.2) is 9.79 Å². The number of para-hydroxylation sites is 1. The van der Waals surface area contributed by atoms with Crippen molar-refractivity contribution in [3.8, 4) is 11.5 Å². The van der Waals surface area contributed by atoms with E-state index >= 15 is 0 Å². The van der Waals surface area contributed by atoms with Crippen LogP contribution >= 0.6 is 11.8 Å². The van der Waals surface area contributed by atoms with Crippen molar-refractivity contribution in [1.29, 1.82) is 0 Å². The van der Waals surface area contributed by atoms with Crippen molar-refractivity contribution in [2.75, 3.05) is 20.8 Å². The van der Waals surface area contributed by atoms with Crippen molar-refractivity contribution in [2.24, 2.45) is 4.99 Å². The van der Waals surface area contributed by atoms with Crippen LogP contribution in [0.1, 0.15) is 37.4 Å². The Bertz CT molecular complexity index is 1240.